The first kappa shape index (κ1) is 22.6. The summed E-state index contributed by atoms with van der Waals surface area (Å²) in [6, 6.07) is 7.76. The summed E-state index contributed by atoms with van der Waals surface area (Å²) in [4.78, 5) is 24.0. The first-order valence-electron chi connectivity index (χ1n) is 8.90. The Labute approximate surface area is 172 Å². The molecule has 6 nitrogen and oxygen atoms in total. The number of rotatable bonds is 9. The number of amides is 1. The molecule has 0 unspecified atom stereocenters. The van der Waals surface area contributed by atoms with E-state index in [4.69, 9.17) is 14.2 Å². The highest BCUT2D eigenvalue weighted by Crippen LogP contribution is 2.28. The van der Waals surface area contributed by atoms with E-state index in [9.17, 15) is 18.4 Å². The molecule has 1 atom stereocenters. The van der Waals surface area contributed by atoms with E-state index in [0.29, 0.717) is 29.7 Å². The number of nitrogens with one attached hydrogen (secondary N) is 1. The van der Waals surface area contributed by atoms with Crippen molar-refractivity contribution in [2.75, 3.05) is 19.0 Å². The van der Waals surface area contributed by atoms with Gasteiger partial charge in [-0.05, 0) is 42.8 Å². The van der Waals surface area contributed by atoms with E-state index in [1.54, 1.807) is 24.3 Å². The molecule has 0 saturated carbocycles. The van der Waals surface area contributed by atoms with Gasteiger partial charge in [-0.25, -0.2) is 13.6 Å². The molecule has 158 valence electrons. The smallest absolute Gasteiger partial charge is 0.331 e. The first-order valence-corrected chi connectivity index (χ1v) is 8.90. The first-order chi connectivity index (χ1) is 14.3. The fourth-order valence-corrected chi connectivity index (χ4v) is 2.31. The Kier molecular flexibility index (Phi) is 8.10. The molecule has 8 heteroatoms. The molecule has 0 aliphatic carbocycles. The van der Waals surface area contributed by atoms with Crippen molar-refractivity contribution in [1.29, 1.82) is 0 Å². The van der Waals surface area contributed by atoms with Crippen molar-refractivity contribution in [2.45, 2.75) is 13.0 Å². The van der Waals surface area contributed by atoms with Crippen molar-refractivity contribution in [1.82, 2.24) is 0 Å². The van der Waals surface area contributed by atoms with Gasteiger partial charge in [-0.15, -0.1) is 0 Å². The predicted octanol–water partition coefficient (Wildman–Crippen LogP) is 4.12. The largest absolute Gasteiger partial charge is 0.493 e. The topological polar surface area (TPSA) is 73.9 Å². The summed E-state index contributed by atoms with van der Waals surface area (Å²) in [5, 5.41) is 2.24. The minimum Gasteiger partial charge on any atom is -0.493 e. The highest BCUT2D eigenvalue weighted by molar-refractivity contribution is 5.96. The zero-order valence-corrected chi connectivity index (χ0v) is 16.5. The average Bonchev–Trinajstić information content (AvgIpc) is 2.72. The highest BCUT2D eigenvalue weighted by atomic mass is 19.1. The second-order valence-corrected chi connectivity index (χ2v) is 6.04. The Bertz CT molecular complexity index is 959. The zero-order valence-electron chi connectivity index (χ0n) is 16.5. The van der Waals surface area contributed by atoms with Crippen LogP contribution in [-0.2, 0) is 14.3 Å². The van der Waals surface area contributed by atoms with Crippen molar-refractivity contribution in [3.8, 4) is 11.5 Å². The second-order valence-electron chi connectivity index (χ2n) is 6.04. The molecular formula is C22H21F2NO5. The van der Waals surface area contributed by atoms with E-state index < -0.39 is 29.6 Å². The lowest BCUT2D eigenvalue weighted by Gasteiger charge is -2.13. The minimum atomic E-state index is -1.20. The van der Waals surface area contributed by atoms with Crippen LogP contribution in [0.4, 0.5) is 14.5 Å². The SMILES string of the molecule is C=CCOc1ccc(/C=C/C(=O)O[C@@H](C)C(=O)Nc2ccc(F)cc2F)cc1OC. The number of carbonyl (C=O) groups is 2. The van der Waals surface area contributed by atoms with Gasteiger partial charge in [-0.1, -0.05) is 18.7 Å². The number of methoxy groups -OCH3 is 1. The van der Waals surface area contributed by atoms with Crippen molar-refractivity contribution in [3.05, 3.63) is 72.3 Å². The van der Waals surface area contributed by atoms with Crippen LogP contribution >= 0.6 is 0 Å². The van der Waals surface area contributed by atoms with Gasteiger partial charge in [-0.3, -0.25) is 4.79 Å². The molecule has 0 fully saturated rings. The molecule has 0 radical (unpaired) electrons. The van der Waals surface area contributed by atoms with Crippen LogP contribution in [0.5, 0.6) is 11.5 Å². The van der Waals surface area contributed by atoms with E-state index in [-0.39, 0.29) is 5.69 Å². The molecule has 0 saturated heterocycles. The van der Waals surface area contributed by atoms with Gasteiger partial charge in [0.2, 0.25) is 0 Å². The molecule has 1 amide bonds. The van der Waals surface area contributed by atoms with Crippen LogP contribution < -0.4 is 14.8 Å². The summed E-state index contributed by atoms with van der Waals surface area (Å²) in [7, 11) is 1.49. The fraction of sp³-hybridized carbons (Fsp3) is 0.182. The van der Waals surface area contributed by atoms with Gasteiger partial charge in [0.15, 0.2) is 17.6 Å². The number of esters is 1. The standard InChI is InChI=1S/C22H21F2NO5/c1-4-11-29-19-9-5-15(12-20(19)28-3)6-10-21(26)30-14(2)22(27)25-18-8-7-16(23)13-17(18)24/h4-10,12-14H,1,11H2,2-3H3,(H,25,27)/b10-6+/t14-/m0/s1. The van der Waals surface area contributed by atoms with Gasteiger partial charge in [0, 0.05) is 12.1 Å². The third-order valence-electron chi connectivity index (χ3n) is 3.81. The molecule has 0 bridgehead atoms. The number of benzene rings is 2. The Morgan fingerprint density at radius 1 is 1.17 bits per heavy atom. The van der Waals surface area contributed by atoms with Crippen molar-refractivity contribution in [2.24, 2.45) is 0 Å². The minimum absolute atomic E-state index is 0.217. The zero-order chi connectivity index (χ0) is 22.1. The van der Waals surface area contributed by atoms with Crippen LogP contribution in [0, 0.1) is 11.6 Å². The third-order valence-corrected chi connectivity index (χ3v) is 3.81. The van der Waals surface area contributed by atoms with Crippen molar-refractivity contribution >= 4 is 23.6 Å². The van der Waals surface area contributed by atoms with Gasteiger partial charge < -0.3 is 19.5 Å². The summed E-state index contributed by atoms with van der Waals surface area (Å²) >= 11 is 0. The van der Waals surface area contributed by atoms with E-state index in [1.807, 2.05) is 0 Å². The van der Waals surface area contributed by atoms with Crippen LogP contribution in [0.15, 0.2) is 55.1 Å². The summed E-state index contributed by atoms with van der Waals surface area (Å²) in [6.07, 6.45) is 3.02. The van der Waals surface area contributed by atoms with Crippen LogP contribution in [0.1, 0.15) is 12.5 Å². The molecule has 2 rings (SSSR count). The molecule has 0 aromatic heterocycles. The molecule has 0 aliphatic heterocycles. The van der Waals surface area contributed by atoms with Gasteiger partial charge in [0.25, 0.3) is 5.91 Å². The maximum atomic E-state index is 13.6. The second kappa shape index (κ2) is 10.8. The van der Waals surface area contributed by atoms with E-state index >= 15 is 0 Å². The highest BCUT2D eigenvalue weighted by Gasteiger charge is 2.18. The van der Waals surface area contributed by atoms with Crippen molar-refractivity contribution in [3.63, 3.8) is 0 Å². The maximum absolute atomic E-state index is 13.6. The lowest BCUT2D eigenvalue weighted by atomic mass is 10.2. The molecule has 30 heavy (non-hydrogen) atoms. The Morgan fingerprint density at radius 2 is 1.93 bits per heavy atom. The maximum Gasteiger partial charge on any atom is 0.331 e. The molecular weight excluding hydrogens is 396 g/mol. The van der Waals surface area contributed by atoms with Crippen LogP contribution in [0.3, 0.4) is 0 Å². The Hall–Kier alpha value is -3.68. The third kappa shape index (κ3) is 6.44. The molecule has 0 heterocycles. The Balaban J connectivity index is 1.96. The normalized spacial score (nSPS) is 11.6. The average molecular weight is 417 g/mol. The van der Waals surface area contributed by atoms with E-state index in [1.165, 1.54) is 20.1 Å². The summed E-state index contributed by atoms with van der Waals surface area (Å²) in [6.45, 7) is 5.22. The van der Waals surface area contributed by atoms with Gasteiger partial charge in [-0.2, -0.15) is 0 Å². The van der Waals surface area contributed by atoms with Crippen LogP contribution in [0.2, 0.25) is 0 Å². The lowest BCUT2D eigenvalue weighted by molar-refractivity contribution is -0.148. The predicted molar refractivity (Wildman–Crippen MR) is 108 cm³/mol. The lowest BCUT2D eigenvalue weighted by Crippen LogP contribution is -2.29. The number of halogens is 2. The molecule has 0 spiro atoms. The molecule has 2 aromatic rings. The monoisotopic (exact) mass is 417 g/mol. The number of ether oxygens (including phenoxy) is 3. The molecule has 1 N–H and O–H groups in total. The van der Waals surface area contributed by atoms with Gasteiger partial charge in [0.1, 0.15) is 18.2 Å². The summed E-state index contributed by atoms with van der Waals surface area (Å²) < 4.78 is 42.2. The number of carbonyl (C=O) groups excluding carboxylic acids is 2. The number of anilines is 1. The van der Waals surface area contributed by atoms with Crippen molar-refractivity contribution < 1.29 is 32.6 Å². The van der Waals surface area contributed by atoms with Crippen LogP contribution in [-0.4, -0.2) is 31.7 Å². The Morgan fingerprint density at radius 3 is 2.60 bits per heavy atom. The van der Waals surface area contributed by atoms with Gasteiger partial charge >= 0.3 is 5.97 Å². The molecule has 2 aromatic carbocycles. The van der Waals surface area contributed by atoms with E-state index in [0.717, 1.165) is 18.2 Å². The van der Waals surface area contributed by atoms with E-state index in [2.05, 4.69) is 11.9 Å². The summed E-state index contributed by atoms with van der Waals surface area (Å²) in [5.41, 5.74) is 0.422. The number of hydrogen-bond donors (Lipinski definition) is 1. The quantitative estimate of drug-likeness (QED) is 0.377. The van der Waals surface area contributed by atoms with Gasteiger partial charge in [0.05, 0.1) is 12.8 Å². The summed E-state index contributed by atoms with van der Waals surface area (Å²) in [5.74, 6) is -2.24. The number of hydrogen-bond acceptors (Lipinski definition) is 5. The fourth-order valence-electron chi connectivity index (χ4n) is 2.31. The van der Waals surface area contributed by atoms with Crippen LogP contribution in [0.25, 0.3) is 6.08 Å². The molecule has 0 aliphatic rings.